The first-order valence-corrected chi connectivity index (χ1v) is 8.43. The van der Waals surface area contributed by atoms with Crippen LogP contribution in [0.2, 0.25) is 0 Å². The van der Waals surface area contributed by atoms with Crippen molar-refractivity contribution in [2.75, 3.05) is 24.5 Å². The lowest BCUT2D eigenvalue weighted by Gasteiger charge is -2.38. The fourth-order valence-corrected chi connectivity index (χ4v) is 3.95. The van der Waals surface area contributed by atoms with E-state index in [-0.39, 0.29) is 11.9 Å². The molecule has 2 aromatic heterocycles. The van der Waals surface area contributed by atoms with Gasteiger partial charge in [0.1, 0.15) is 17.8 Å². The Kier molecular flexibility index (Phi) is 4.10. The highest BCUT2D eigenvalue weighted by atomic mass is 19.3. The number of hydrogen-bond acceptors (Lipinski definition) is 4. The van der Waals surface area contributed by atoms with E-state index in [1.54, 1.807) is 11.2 Å². The Morgan fingerprint density at radius 3 is 3.00 bits per heavy atom. The predicted octanol–water partition coefficient (Wildman–Crippen LogP) is 2.21. The molecular formula is C17H19F2N5O. The molecule has 25 heavy (non-hydrogen) atoms. The van der Waals surface area contributed by atoms with Crippen LogP contribution < -0.4 is 4.90 Å². The van der Waals surface area contributed by atoms with E-state index in [0.29, 0.717) is 25.1 Å². The average Bonchev–Trinajstić information content (AvgIpc) is 3.25. The summed E-state index contributed by atoms with van der Waals surface area (Å²) in [7, 11) is 0. The lowest BCUT2D eigenvalue weighted by molar-refractivity contribution is -0.127. The maximum absolute atomic E-state index is 12.3. The summed E-state index contributed by atoms with van der Waals surface area (Å²) in [5.74, 6) is 1.02. The average molecular weight is 347 g/mol. The normalized spacial score (nSPS) is 23.8. The van der Waals surface area contributed by atoms with Crippen molar-refractivity contribution in [1.82, 2.24) is 19.9 Å². The lowest BCUT2D eigenvalue weighted by atomic mass is 9.92. The number of carbonyl (C=O) groups is 1. The summed E-state index contributed by atoms with van der Waals surface area (Å²) < 4.78 is 24.6. The van der Waals surface area contributed by atoms with Gasteiger partial charge >= 0.3 is 0 Å². The maximum Gasteiger partial charge on any atom is 0.257 e. The van der Waals surface area contributed by atoms with Crippen LogP contribution in [0.15, 0.2) is 30.7 Å². The zero-order valence-electron chi connectivity index (χ0n) is 13.6. The van der Waals surface area contributed by atoms with Crippen LogP contribution in [0, 0.1) is 5.92 Å². The van der Waals surface area contributed by atoms with Crippen molar-refractivity contribution in [3.8, 4) is 0 Å². The minimum atomic E-state index is -2.60. The summed E-state index contributed by atoms with van der Waals surface area (Å²) >= 11 is 0. The van der Waals surface area contributed by atoms with E-state index >= 15 is 0 Å². The highest BCUT2D eigenvalue weighted by molar-refractivity contribution is 5.89. The number of aromatic amines is 1. The van der Waals surface area contributed by atoms with Crippen molar-refractivity contribution in [3.05, 3.63) is 30.7 Å². The third-order valence-electron chi connectivity index (χ3n) is 5.16. The molecule has 0 spiro atoms. The molecule has 4 heterocycles. The number of alkyl halides is 2. The number of anilines is 1. The second-order valence-electron chi connectivity index (χ2n) is 6.51. The van der Waals surface area contributed by atoms with Crippen LogP contribution in [0.3, 0.4) is 0 Å². The summed E-state index contributed by atoms with van der Waals surface area (Å²) in [4.78, 5) is 27.8. The van der Waals surface area contributed by atoms with Crippen molar-refractivity contribution in [3.63, 3.8) is 0 Å². The molecule has 4 rings (SSSR count). The Morgan fingerprint density at radius 1 is 1.32 bits per heavy atom. The summed E-state index contributed by atoms with van der Waals surface area (Å²) in [5, 5.41) is 0.962. The van der Waals surface area contributed by atoms with Crippen molar-refractivity contribution in [1.29, 1.82) is 0 Å². The third kappa shape index (κ3) is 2.96. The molecule has 2 unspecified atom stereocenters. The largest absolute Gasteiger partial charge is 0.351 e. The molecule has 6 nitrogen and oxygen atoms in total. The monoisotopic (exact) mass is 347 g/mol. The molecule has 0 radical (unpaired) electrons. The van der Waals surface area contributed by atoms with E-state index in [9.17, 15) is 13.6 Å². The van der Waals surface area contributed by atoms with E-state index in [1.807, 2.05) is 12.3 Å². The standard InChI is InChI=1S/C17H19F2N5O/c18-14(19)1-2-15(25)23-7-4-11-5-8-24(13(11)9-23)17-12-3-6-20-16(12)21-10-22-17/h1-3,6,10-11,13-14H,4-5,7-9H2,(H,20,21,22)/b2-1+. The SMILES string of the molecule is O=C(/C=C/C(F)F)N1CCC2CCN(c3ncnc4[nH]ccc34)C2C1. The summed E-state index contributed by atoms with van der Waals surface area (Å²) in [6.07, 6.45) is 4.34. The number of amides is 1. The molecule has 1 amide bonds. The highest BCUT2D eigenvalue weighted by Gasteiger charge is 2.40. The van der Waals surface area contributed by atoms with E-state index in [0.717, 1.165) is 42.3 Å². The molecule has 2 aliphatic heterocycles. The number of halogens is 2. The minimum absolute atomic E-state index is 0.158. The van der Waals surface area contributed by atoms with Crippen LogP contribution in [0.5, 0.6) is 0 Å². The number of nitrogens with one attached hydrogen (secondary N) is 1. The number of likely N-dealkylation sites (tertiary alicyclic amines) is 1. The topological polar surface area (TPSA) is 65.1 Å². The third-order valence-corrected chi connectivity index (χ3v) is 5.16. The van der Waals surface area contributed by atoms with Gasteiger partial charge in [0.25, 0.3) is 6.43 Å². The first kappa shape index (κ1) is 16.0. The van der Waals surface area contributed by atoms with Gasteiger partial charge in [-0.2, -0.15) is 0 Å². The number of fused-ring (bicyclic) bond motifs is 2. The summed E-state index contributed by atoms with van der Waals surface area (Å²) in [6, 6.07) is 2.11. The van der Waals surface area contributed by atoms with Gasteiger partial charge in [-0.15, -0.1) is 0 Å². The van der Waals surface area contributed by atoms with Crippen LogP contribution in [0.25, 0.3) is 11.0 Å². The minimum Gasteiger partial charge on any atom is -0.351 e. The Labute approximate surface area is 143 Å². The molecule has 1 N–H and O–H groups in total. The van der Waals surface area contributed by atoms with Crippen molar-refractivity contribution < 1.29 is 13.6 Å². The number of rotatable bonds is 3. The Morgan fingerprint density at radius 2 is 2.16 bits per heavy atom. The molecule has 2 atom stereocenters. The van der Waals surface area contributed by atoms with Crippen LogP contribution in [0.1, 0.15) is 12.8 Å². The van der Waals surface area contributed by atoms with Crippen molar-refractivity contribution >= 4 is 22.8 Å². The van der Waals surface area contributed by atoms with E-state index in [2.05, 4.69) is 19.9 Å². The van der Waals surface area contributed by atoms with Gasteiger partial charge < -0.3 is 14.8 Å². The summed E-state index contributed by atoms with van der Waals surface area (Å²) in [5.41, 5.74) is 0.789. The van der Waals surface area contributed by atoms with Gasteiger partial charge in [-0.05, 0) is 30.9 Å². The van der Waals surface area contributed by atoms with Gasteiger partial charge in [0.05, 0.1) is 11.4 Å². The molecular weight excluding hydrogens is 328 g/mol. The fraction of sp³-hybridized carbons (Fsp3) is 0.471. The van der Waals surface area contributed by atoms with Crippen molar-refractivity contribution in [2.45, 2.75) is 25.3 Å². The number of H-pyrrole nitrogens is 1. The number of hydrogen-bond donors (Lipinski definition) is 1. The molecule has 132 valence electrons. The van der Waals surface area contributed by atoms with E-state index < -0.39 is 6.43 Å². The second kappa shape index (κ2) is 6.42. The molecule has 0 aliphatic carbocycles. The maximum atomic E-state index is 12.3. The van der Waals surface area contributed by atoms with Crippen LogP contribution in [-0.4, -0.2) is 57.9 Å². The molecule has 0 bridgehead atoms. The molecule has 2 aliphatic rings. The number of allylic oxidation sites excluding steroid dienone is 1. The van der Waals surface area contributed by atoms with Crippen molar-refractivity contribution in [2.24, 2.45) is 5.92 Å². The van der Waals surface area contributed by atoms with Crippen LogP contribution in [-0.2, 0) is 4.79 Å². The Balaban J connectivity index is 1.56. The van der Waals surface area contributed by atoms with Gasteiger partial charge in [0.2, 0.25) is 5.91 Å². The number of carbonyl (C=O) groups excluding carboxylic acids is 1. The van der Waals surface area contributed by atoms with Gasteiger partial charge in [-0.25, -0.2) is 18.7 Å². The molecule has 8 heteroatoms. The van der Waals surface area contributed by atoms with Gasteiger partial charge in [0.15, 0.2) is 0 Å². The first-order valence-electron chi connectivity index (χ1n) is 8.43. The first-order chi connectivity index (χ1) is 12.1. The Bertz CT molecular complexity index is 805. The number of piperidine rings is 1. The molecule has 2 fully saturated rings. The lowest BCUT2D eigenvalue weighted by Crippen LogP contribution is -2.50. The van der Waals surface area contributed by atoms with Gasteiger partial charge in [0, 0.05) is 31.9 Å². The van der Waals surface area contributed by atoms with E-state index in [4.69, 9.17) is 0 Å². The predicted molar refractivity (Wildman–Crippen MR) is 89.5 cm³/mol. The molecule has 2 saturated heterocycles. The molecule has 0 saturated carbocycles. The van der Waals surface area contributed by atoms with E-state index in [1.165, 1.54) is 0 Å². The fourth-order valence-electron chi connectivity index (χ4n) is 3.95. The second-order valence-corrected chi connectivity index (χ2v) is 6.51. The zero-order chi connectivity index (χ0) is 17.4. The number of nitrogens with zero attached hydrogens (tertiary/aromatic N) is 4. The van der Waals surface area contributed by atoms with Gasteiger partial charge in [-0.3, -0.25) is 4.79 Å². The van der Waals surface area contributed by atoms with Gasteiger partial charge in [-0.1, -0.05) is 0 Å². The highest BCUT2D eigenvalue weighted by Crippen LogP contribution is 2.36. The molecule has 2 aromatic rings. The smallest absolute Gasteiger partial charge is 0.257 e. The Hall–Kier alpha value is -2.51. The molecule has 0 aromatic carbocycles. The van der Waals surface area contributed by atoms with Crippen LogP contribution in [0.4, 0.5) is 14.6 Å². The van der Waals surface area contributed by atoms with Crippen LogP contribution >= 0.6 is 0 Å². The number of aromatic nitrogens is 3. The zero-order valence-corrected chi connectivity index (χ0v) is 13.6. The summed E-state index contributed by atoms with van der Waals surface area (Å²) in [6.45, 7) is 2.03. The quantitative estimate of drug-likeness (QED) is 0.865.